The number of hydrogen-bond donors (Lipinski definition) is 2. The molecule has 3 N–H and O–H groups in total. The SMILES string of the molecule is COC(=O)C1=C(C(=O)OC)N(c2cc(C)ccc2NC(C)=O)C(N)=C(C#N)C1c1ccccc1. The van der Waals surface area contributed by atoms with Gasteiger partial charge in [-0.15, -0.1) is 0 Å². The molecular formula is C25H24N4O5. The highest BCUT2D eigenvalue weighted by Gasteiger charge is 2.43. The van der Waals surface area contributed by atoms with E-state index in [4.69, 9.17) is 15.2 Å². The first-order chi connectivity index (χ1) is 16.2. The Morgan fingerprint density at radius 1 is 1.06 bits per heavy atom. The van der Waals surface area contributed by atoms with E-state index < -0.39 is 17.9 Å². The van der Waals surface area contributed by atoms with Crippen molar-refractivity contribution in [2.75, 3.05) is 24.4 Å². The summed E-state index contributed by atoms with van der Waals surface area (Å²) in [7, 11) is 2.35. The number of nitriles is 1. The van der Waals surface area contributed by atoms with Crippen LogP contribution in [0.5, 0.6) is 0 Å². The van der Waals surface area contributed by atoms with E-state index in [0.717, 1.165) is 5.56 Å². The van der Waals surface area contributed by atoms with Gasteiger partial charge in [0.1, 0.15) is 11.5 Å². The molecule has 0 saturated carbocycles. The molecule has 1 heterocycles. The number of benzene rings is 2. The Balaban J connectivity index is 2.46. The van der Waals surface area contributed by atoms with Crippen LogP contribution in [0.2, 0.25) is 0 Å². The first-order valence-corrected chi connectivity index (χ1v) is 10.3. The summed E-state index contributed by atoms with van der Waals surface area (Å²) in [5.74, 6) is -3.10. The molecule has 0 aromatic heterocycles. The molecule has 9 heteroatoms. The third-order valence-electron chi connectivity index (χ3n) is 5.32. The molecule has 1 atom stereocenters. The Kier molecular flexibility index (Phi) is 7.02. The fourth-order valence-electron chi connectivity index (χ4n) is 3.89. The van der Waals surface area contributed by atoms with Crippen LogP contribution in [-0.2, 0) is 23.9 Å². The lowest BCUT2D eigenvalue weighted by Gasteiger charge is -2.36. The van der Waals surface area contributed by atoms with Crippen LogP contribution in [0.15, 0.2) is 71.2 Å². The second-order valence-corrected chi connectivity index (χ2v) is 7.54. The highest BCUT2D eigenvalue weighted by molar-refractivity contribution is 6.07. The van der Waals surface area contributed by atoms with Crippen LogP contribution in [0.4, 0.5) is 11.4 Å². The lowest BCUT2D eigenvalue weighted by Crippen LogP contribution is -2.41. The van der Waals surface area contributed by atoms with Crippen LogP contribution >= 0.6 is 0 Å². The summed E-state index contributed by atoms with van der Waals surface area (Å²) in [4.78, 5) is 39.4. The lowest BCUT2D eigenvalue weighted by atomic mass is 9.81. The summed E-state index contributed by atoms with van der Waals surface area (Å²) < 4.78 is 10.0. The predicted octanol–water partition coefficient (Wildman–Crippen LogP) is 2.85. The molecule has 2 aromatic carbocycles. The van der Waals surface area contributed by atoms with Gasteiger partial charge in [-0.25, -0.2) is 9.59 Å². The number of carbonyl (C=O) groups excluding carboxylic acids is 3. The lowest BCUT2D eigenvalue weighted by molar-refractivity contribution is -0.139. The molecule has 0 spiro atoms. The number of nitrogens with zero attached hydrogens (tertiary/aromatic N) is 2. The van der Waals surface area contributed by atoms with Gasteiger partial charge in [0.15, 0.2) is 0 Å². The maximum absolute atomic E-state index is 13.1. The zero-order valence-electron chi connectivity index (χ0n) is 19.2. The zero-order valence-corrected chi connectivity index (χ0v) is 19.2. The number of amides is 1. The van der Waals surface area contributed by atoms with Crippen LogP contribution in [0.3, 0.4) is 0 Å². The monoisotopic (exact) mass is 460 g/mol. The number of nitrogens with two attached hydrogens (primary N) is 1. The Morgan fingerprint density at radius 2 is 1.71 bits per heavy atom. The van der Waals surface area contributed by atoms with Gasteiger partial charge < -0.3 is 20.5 Å². The number of methoxy groups -OCH3 is 2. The summed E-state index contributed by atoms with van der Waals surface area (Å²) in [5.41, 5.74) is 8.18. The second kappa shape index (κ2) is 9.92. The largest absolute Gasteiger partial charge is 0.466 e. The smallest absolute Gasteiger partial charge is 0.355 e. The zero-order chi connectivity index (χ0) is 25.0. The molecule has 1 unspecified atom stereocenters. The van der Waals surface area contributed by atoms with E-state index in [2.05, 4.69) is 11.4 Å². The number of hydrogen-bond acceptors (Lipinski definition) is 8. The van der Waals surface area contributed by atoms with Crippen molar-refractivity contribution in [3.05, 3.63) is 82.3 Å². The standard InChI is InChI=1S/C25H24N4O5/c1-14-10-11-18(28-15(2)30)19(12-14)29-22(25(32)34-4)21(24(31)33-3)20(17(13-26)23(29)27)16-8-6-5-7-9-16/h5-12,20H,27H2,1-4H3,(H,28,30). The number of ether oxygens (including phenoxy) is 2. The number of aryl methyl sites for hydroxylation is 1. The molecule has 0 radical (unpaired) electrons. The van der Waals surface area contributed by atoms with Crippen molar-refractivity contribution in [2.24, 2.45) is 5.73 Å². The second-order valence-electron chi connectivity index (χ2n) is 7.54. The van der Waals surface area contributed by atoms with Crippen molar-refractivity contribution < 1.29 is 23.9 Å². The summed E-state index contributed by atoms with van der Waals surface area (Å²) in [6, 6.07) is 15.9. The van der Waals surface area contributed by atoms with Gasteiger partial charge in [0.05, 0.1) is 48.7 Å². The van der Waals surface area contributed by atoms with E-state index in [1.54, 1.807) is 48.5 Å². The number of allylic oxidation sites excluding steroid dienone is 1. The van der Waals surface area contributed by atoms with E-state index in [1.165, 1.54) is 26.0 Å². The molecule has 174 valence electrons. The van der Waals surface area contributed by atoms with Gasteiger partial charge in [0, 0.05) is 6.92 Å². The summed E-state index contributed by atoms with van der Waals surface area (Å²) >= 11 is 0. The van der Waals surface area contributed by atoms with E-state index >= 15 is 0 Å². The Bertz CT molecular complexity index is 1260. The first-order valence-electron chi connectivity index (χ1n) is 10.3. The summed E-state index contributed by atoms with van der Waals surface area (Å²) in [6.45, 7) is 3.15. The van der Waals surface area contributed by atoms with Crippen LogP contribution in [0, 0.1) is 18.3 Å². The van der Waals surface area contributed by atoms with Crippen LogP contribution in [0.1, 0.15) is 24.0 Å². The summed E-state index contributed by atoms with van der Waals surface area (Å²) in [6.07, 6.45) is 0. The van der Waals surface area contributed by atoms with Gasteiger partial charge in [-0.3, -0.25) is 9.69 Å². The van der Waals surface area contributed by atoms with Gasteiger partial charge in [-0.1, -0.05) is 36.4 Å². The number of rotatable bonds is 5. The molecule has 2 aromatic rings. The van der Waals surface area contributed by atoms with E-state index in [-0.39, 0.29) is 34.3 Å². The third-order valence-corrected chi connectivity index (χ3v) is 5.32. The minimum atomic E-state index is -0.974. The van der Waals surface area contributed by atoms with Crippen molar-refractivity contribution >= 4 is 29.2 Å². The topological polar surface area (TPSA) is 135 Å². The number of nitrogens with one attached hydrogen (secondary N) is 1. The van der Waals surface area contributed by atoms with Crippen LogP contribution < -0.4 is 16.0 Å². The predicted molar refractivity (Wildman–Crippen MR) is 125 cm³/mol. The Labute approximate surface area is 197 Å². The average molecular weight is 460 g/mol. The maximum Gasteiger partial charge on any atom is 0.355 e. The molecule has 0 saturated heterocycles. The van der Waals surface area contributed by atoms with Gasteiger partial charge in [-0.2, -0.15) is 5.26 Å². The molecule has 0 fully saturated rings. The fraction of sp³-hybridized carbons (Fsp3) is 0.200. The molecular weight excluding hydrogens is 436 g/mol. The van der Waals surface area contributed by atoms with Crippen molar-refractivity contribution in [1.82, 2.24) is 0 Å². The molecule has 0 aliphatic carbocycles. The molecule has 3 rings (SSSR count). The maximum atomic E-state index is 13.1. The third kappa shape index (κ3) is 4.34. The van der Waals surface area contributed by atoms with Crippen molar-refractivity contribution in [2.45, 2.75) is 19.8 Å². The number of carbonyl (C=O) groups is 3. The molecule has 34 heavy (non-hydrogen) atoms. The normalized spacial score (nSPS) is 15.5. The van der Waals surface area contributed by atoms with Gasteiger partial charge in [-0.05, 0) is 30.2 Å². The molecule has 9 nitrogen and oxygen atoms in total. The quantitative estimate of drug-likeness (QED) is 0.651. The first kappa shape index (κ1) is 24.1. The fourth-order valence-corrected chi connectivity index (χ4v) is 3.89. The Morgan fingerprint density at radius 3 is 2.26 bits per heavy atom. The van der Waals surface area contributed by atoms with E-state index in [1.807, 2.05) is 6.92 Å². The highest BCUT2D eigenvalue weighted by atomic mass is 16.5. The molecule has 0 bridgehead atoms. The van der Waals surface area contributed by atoms with E-state index in [0.29, 0.717) is 11.3 Å². The van der Waals surface area contributed by atoms with Gasteiger partial charge in [0.2, 0.25) is 5.91 Å². The van der Waals surface area contributed by atoms with Crippen LogP contribution in [0.25, 0.3) is 0 Å². The van der Waals surface area contributed by atoms with Crippen molar-refractivity contribution in [1.29, 1.82) is 5.26 Å². The van der Waals surface area contributed by atoms with Crippen molar-refractivity contribution in [3.63, 3.8) is 0 Å². The molecule has 1 aliphatic heterocycles. The summed E-state index contributed by atoms with van der Waals surface area (Å²) in [5, 5.41) is 12.8. The minimum absolute atomic E-state index is 0.0366. The number of anilines is 2. The van der Waals surface area contributed by atoms with E-state index in [9.17, 15) is 19.6 Å². The minimum Gasteiger partial charge on any atom is -0.466 e. The molecule has 1 aliphatic rings. The number of esters is 2. The molecule has 1 amide bonds. The van der Waals surface area contributed by atoms with Gasteiger partial charge >= 0.3 is 11.9 Å². The highest BCUT2D eigenvalue weighted by Crippen LogP contribution is 2.44. The van der Waals surface area contributed by atoms with Crippen LogP contribution in [-0.4, -0.2) is 32.1 Å². The van der Waals surface area contributed by atoms with Gasteiger partial charge in [0.25, 0.3) is 0 Å². The average Bonchev–Trinajstić information content (AvgIpc) is 2.83. The van der Waals surface area contributed by atoms with Crippen molar-refractivity contribution in [3.8, 4) is 6.07 Å². The Hall–Kier alpha value is -4.58.